The second-order valence-electron chi connectivity index (χ2n) is 4.58. The largest absolute Gasteiger partial charge is 0.496 e. The summed E-state index contributed by atoms with van der Waals surface area (Å²) in [5, 5.41) is 6.27. The van der Waals surface area contributed by atoms with E-state index < -0.39 is 0 Å². The van der Waals surface area contributed by atoms with E-state index >= 15 is 0 Å². The third-order valence-corrected chi connectivity index (χ3v) is 4.34. The maximum absolute atomic E-state index is 5.92. The van der Waals surface area contributed by atoms with Crippen molar-refractivity contribution >= 4 is 22.9 Å². The van der Waals surface area contributed by atoms with E-state index in [0.29, 0.717) is 0 Å². The van der Waals surface area contributed by atoms with Gasteiger partial charge in [0.2, 0.25) is 0 Å². The van der Waals surface area contributed by atoms with Crippen molar-refractivity contribution in [1.29, 1.82) is 0 Å². The Kier molecular flexibility index (Phi) is 4.86. The lowest BCUT2D eigenvalue weighted by molar-refractivity contribution is 0.401. The summed E-state index contributed by atoms with van der Waals surface area (Å²) in [6.45, 7) is 5.05. The molecule has 0 spiro atoms. The highest BCUT2D eigenvalue weighted by atomic mass is 35.5. The molecule has 0 amide bonds. The average molecular weight is 296 g/mol. The van der Waals surface area contributed by atoms with Crippen molar-refractivity contribution in [3.05, 3.63) is 50.7 Å². The molecule has 1 N–H and O–H groups in total. The van der Waals surface area contributed by atoms with Crippen LogP contribution < -0.4 is 10.1 Å². The minimum atomic E-state index is 0.232. The fourth-order valence-corrected chi connectivity index (χ4v) is 3.03. The van der Waals surface area contributed by atoms with Crippen LogP contribution in [0.2, 0.25) is 5.02 Å². The summed E-state index contributed by atoms with van der Waals surface area (Å²) < 4.78 is 5.42. The maximum atomic E-state index is 5.92. The summed E-state index contributed by atoms with van der Waals surface area (Å²) in [7, 11) is 1.71. The Morgan fingerprint density at radius 1 is 1.37 bits per heavy atom. The van der Waals surface area contributed by atoms with Gasteiger partial charge in [-0.2, -0.15) is 0 Å². The number of aryl methyl sites for hydroxylation is 1. The van der Waals surface area contributed by atoms with E-state index in [-0.39, 0.29) is 6.04 Å². The highest BCUT2D eigenvalue weighted by Gasteiger charge is 2.11. The Bertz CT molecular complexity index is 553. The van der Waals surface area contributed by atoms with Crippen LogP contribution in [0.3, 0.4) is 0 Å². The molecule has 1 aromatic carbocycles. The molecule has 0 saturated carbocycles. The van der Waals surface area contributed by atoms with Gasteiger partial charge in [0.25, 0.3) is 0 Å². The lowest BCUT2D eigenvalue weighted by Gasteiger charge is -2.17. The smallest absolute Gasteiger partial charge is 0.123 e. The molecule has 0 bridgehead atoms. The molecular weight excluding hydrogens is 278 g/mol. The van der Waals surface area contributed by atoms with Crippen molar-refractivity contribution < 1.29 is 4.74 Å². The number of nitrogens with one attached hydrogen (secondary N) is 1. The molecular formula is C15H18ClNOS. The molecule has 102 valence electrons. The lowest BCUT2D eigenvalue weighted by Crippen LogP contribution is -2.18. The number of hydrogen-bond donors (Lipinski definition) is 1. The predicted octanol–water partition coefficient (Wildman–Crippen LogP) is 4.57. The first-order valence-corrected chi connectivity index (χ1v) is 7.46. The van der Waals surface area contributed by atoms with Crippen LogP contribution >= 0.6 is 22.9 Å². The first-order valence-electron chi connectivity index (χ1n) is 6.21. The minimum Gasteiger partial charge on any atom is -0.496 e. The van der Waals surface area contributed by atoms with Crippen LogP contribution in [0.15, 0.2) is 29.6 Å². The van der Waals surface area contributed by atoms with Gasteiger partial charge in [0.1, 0.15) is 5.75 Å². The minimum absolute atomic E-state index is 0.232. The second-order valence-corrected chi connectivity index (χ2v) is 6.01. The number of ether oxygens (including phenoxy) is 1. The highest BCUT2D eigenvalue weighted by molar-refractivity contribution is 7.10. The third-order valence-electron chi connectivity index (χ3n) is 3.06. The zero-order chi connectivity index (χ0) is 13.8. The molecule has 0 aliphatic carbocycles. The second kappa shape index (κ2) is 6.42. The van der Waals surface area contributed by atoms with E-state index in [1.54, 1.807) is 18.4 Å². The zero-order valence-corrected chi connectivity index (χ0v) is 12.9. The summed E-state index contributed by atoms with van der Waals surface area (Å²) in [5.41, 5.74) is 2.42. The topological polar surface area (TPSA) is 21.3 Å². The Labute approximate surface area is 123 Å². The van der Waals surface area contributed by atoms with E-state index in [0.717, 1.165) is 17.3 Å². The molecule has 0 aliphatic rings. The monoisotopic (exact) mass is 295 g/mol. The Morgan fingerprint density at radius 2 is 2.16 bits per heavy atom. The van der Waals surface area contributed by atoms with Crippen LogP contribution in [0.1, 0.15) is 29.0 Å². The molecule has 1 heterocycles. The van der Waals surface area contributed by atoms with Gasteiger partial charge in [0, 0.05) is 28.4 Å². The first kappa shape index (κ1) is 14.4. The van der Waals surface area contributed by atoms with Crippen molar-refractivity contribution in [2.75, 3.05) is 7.11 Å². The van der Waals surface area contributed by atoms with E-state index in [4.69, 9.17) is 16.3 Å². The van der Waals surface area contributed by atoms with Gasteiger partial charge in [-0.1, -0.05) is 29.3 Å². The Hall–Kier alpha value is -1.03. The van der Waals surface area contributed by atoms with E-state index in [1.165, 1.54) is 16.0 Å². The van der Waals surface area contributed by atoms with E-state index in [2.05, 4.69) is 31.3 Å². The molecule has 0 radical (unpaired) electrons. The zero-order valence-electron chi connectivity index (χ0n) is 11.4. The molecule has 0 saturated heterocycles. The van der Waals surface area contributed by atoms with Crippen molar-refractivity contribution in [2.24, 2.45) is 0 Å². The number of rotatable bonds is 5. The average Bonchev–Trinajstić information content (AvgIpc) is 2.81. The third kappa shape index (κ3) is 3.72. The molecule has 1 aromatic heterocycles. The molecule has 1 unspecified atom stereocenters. The van der Waals surface area contributed by atoms with Crippen molar-refractivity contribution in [1.82, 2.24) is 5.32 Å². The van der Waals surface area contributed by atoms with Gasteiger partial charge in [-0.25, -0.2) is 0 Å². The van der Waals surface area contributed by atoms with Gasteiger partial charge < -0.3 is 10.1 Å². The van der Waals surface area contributed by atoms with E-state index in [1.807, 2.05) is 17.5 Å². The molecule has 2 rings (SSSR count). The van der Waals surface area contributed by atoms with Crippen LogP contribution in [-0.4, -0.2) is 7.11 Å². The van der Waals surface area contributed by atoms with Gasteiger partial charge in [-0.05, 0) is 26.0 Å². The number of thiophene rings is 1. The molecule has 0 fully saturated rings. The number of hydrogen-bond acceptors (Lipinski definition) is 3. The fourth-order valence-electron chi connectivity index (χ4n) is 2.00. The molecule has 2 aromatic rings. The summed E-state index contributed by atoms with van der Waals surface area (Å²) >= 11 is 7.60. The van der Waals surface area contributed by atoms with Crippen LogP contribution in [0, 0.1) is 6.92 Å². The molecule has 19 heavy (non-hydrogen) atoms. The molecule has 0 aliphatic heterocycles. The number of methoxy groups -OCH3 is 1. The molecule has 4 heteroatoms. The maximum Gasteiger partial charge on any atom is 0.123 e. The normalized spacial score (nSPS) is 12.4. The SMILES string of the molecule is COc1ccc(C)cc1C(C)NCc1cc(Cl)cs1. The standard InChI is InChI=1S/C15H18ClNOS/c1-10-4-5-15(18-3)14(6-10)11(2)17-8-13-7-12(16)9-19-13/h4-7,9,11,17H,8H2,1-3H3. The van der Waals surface area contributed by atoms with Crippen molar-refractivity contribution in [3.8, 4) is 5.75 Å². The number of benzene rings is 1. The van der Waals surface area contributed by atoms with Gasteiger partial charge >= 0.3 is 0 Å². The highest BCUT2D eigenvalue weighted by Crippen LogP contribution is 2.27. The van der Waals surface area contributed by atoms with Gasteiger partial charge in [-0.15, -0.1) is 11.3 Å². The van der Waals surface area contributed by atoms with Gasteiger partial charge in [0.05, 0.1) is 12.1 Å². The van der Waals surface area contributed by atoms with Gasteiger partial charge in [0.15, 0.2) is 0 Å². The van der Waals surface area contributed by atoms with Crippen LogP contribution in [0.25, 0.3) is 0 Å². The van der Waals surface area contributed by atoms with Crippen LogP contribution in [-0.2, 0) is 6.54 Å². The lowest BCUT2D eigenvalue weighted by atomic mass is 10.0. The summed E-state index contributed by atoms with van der Waals surface area (Å²) in [5.74, 6) is 0.926. The van der Waals surface area contributed by atoms with E-state index in [9.17, 15) is 0 Å². The quantitative estimate of drug-likeness (QED) is 0.872. The number of halogens is 1. The summed E-state index contributed by atoms with van der Waals surface area (Å²) in [4.78, 5) is 1.24. The summed E-state index contributed by atoms with van der Waals surface area (Å²) in [6.07, 6.45) is 0. The van der Waals surface area contributed by atoms with Crippen LogP contribution in [0.5, 0.6) is 5.75 Å². The Morgan fingerprint density at radius 3 is 2.79 bits per heavy atom. The summed E-state index contributed by atoms with van der Waals surface area (Å²) in [6, 6.07) is 8.48. The van der Waals surface area contributed by atoms with Crippen LogP contribution in [0.4, 0.5) is 0 Å². The van der Waals surface area contributed by atoms with Crippen molar-refractivity contribution in [2.45, 2.75) is 26.4 Å². The van der Waals surface area contributed by atoms with Gasteiger partial charge in [-0.3, -0.25) is 0 Å². The predicted molar refractivity (Wildman–Crippen MR) is 82.3 cm³/mol. The Balaban J connectivity index is 2.06. The van der Waals surface area contributed by atoms with Crippen molar-refractivity contribution in [3.63, 3.8) is 0 Å². The fraction of sp³-hybridized carbons (Fsp3) is 0.333. The molecule has 1 atom stereocenters. The molecule has 2 nitrogen and oxygen atoms in total. The first-order chi connectivity index (χ1) is 9.10.